The highest BCUT2D eigenvalue weighted by Crippen LogP contribution is 2.24. The zero-order chi connectivity index (χ0) is 15.4. The summed E-state index contributed by atoms with van der Waals surface area (Å²) in [6, 6.07) is 9.51. The van der Waals surface area contributed by atoms with Crippen LogP contribution in [0.25, 0.3) is 0 Å². The molecule has 0 saturated carbocycles. The first-order valence-electron chi connectivity index (χ1n) is 6.91. The fourth-order valence-electron chi connectivity index (χ4n) is 2.31. The fraction of sp³-hybridized carbons (Fsp3) is 0.375. The number of hydrogen-bond acceptors (Lipinski definition) is 3. The fourth-order valence-corrected chi connectivity index (χ4v) is 2.55. The molecule has 2 rings (SSSR count). The standard InChI is InChI=1S/C16H19ClN2O2/c1-4-21-15(12-8-6-5-7-9-12)14(20)10-13-11(2)18-19(3)16(13)17/h5-9,15H,4,10H2,1-3H3. The molecule has 0 radical (unpaired) electrons. The second kappa shape index (κ2) is 6.87. The van der Waals surface area contributed by atoms with Crippen molar-refractivity contribution in [2.75, 3.05) is 6.61 Å². The summed E-state index contributed by atoms with van der Waals surface area (Å²) in [6.07, 6.45) is -0.343. The van der Waals surface area contributed by atoms with E-state index in [-0.39, 0.29) is 12.2 Å². The third-order valence-corrected chi connectivity index (χ3v) is 3.82. The Morgan fingerprint density at radius 3 is 2.57 bits per heavy atom. The zero-order valence-electron chi connectivity index (χ0n) is 12.5. The van der Waals surface area contributed by atoms with Crippen LogP contribution >= 0.6 is 11.6 Å². The van der Waals surface area contributed by atoms with E-state index in [0.717, 1.165) is 16.8 Å². The smallest absolute Gasteiger partial charge is 0.170 e. The minimum Gasteiger partial charge on any atom is -0.366 e. The highest BCUT2D eigenvalue weighted by molar-refractivity contribution is 6.30. The summed E-state index contributed by atoms with van der Waals surface area (Å²) >= 11 is 6.19. The van der Waals surface area contributed by atoms with Crippen LogP contribution in [0.5, 0.6) is 0 Å². The number of aryl methyl sites for hydroxylation is 2. The minimum absolute atomic E-state index is 0.0129. The predicted molar refractivity (Wildman–Crippen MR) is 82.5 cm³/mol. The Labute approximate surface area is 129 Å². The van der Waals surface area contributed by atoms with Crippen LogP contribution in [-0.4, -0.2) is 22.2 Å². The molecule has 1 atom stereocenters. The van der Waals surface area contributed by atoms with E-state index in [1.165, 1.54) is 0 Å². The normalized spacial score (nSPS) is 12.4. The molecule has 4 nitrogen and oxygen atoms in total. The van der Waals surface area contributed by atoms with Crippen molar-refractivity contribution < 1.29 is 9.53 Å². The van der Waals surface area contributed by atoms with Crippen molar-refractivity contribution in [1.82, 2.24) is 9.78 Å². The number of aromatic nitrogens is 2. The Bertz CT molecular complexity index is 623. The van der Waals surface area contributed by atoms with E-state index >= 15 is 0 Å². The number of carbonyl (C=O) groups excluding carboxylic acids is 1. The summed E-state index contributed by atoms with van der Waals surface area (Å²) in [5.74, 6) is -0.0129. The molecule has 0 aliphatic heterocycles. The maximum Gasteiger partial charge on any atom is 0.170 e. The molecular formula is C16H19ClN2O2. The van der Waals surface area contributed by atoms with Gasteiger partial charge in [0.25, 0.3) is 0 Å². The van der Waals surface area contributed by atoms with Gasteiger partial charge < -0.3 is 4.74 Å². The maximum atomic E-state index is 12.6. The van der Waals surface area contributed by atoms with E-state index < -0.39 is 6.10 Å². The monoisotopic (exact) mass is 306 g/mol. The molecule has 0 spiro atoms. The summed E-state index contributed by atoms with van der Waals surface area (Å²) in [5, 5.41) is 4.74. The first-order chi connectivity index (χ1) is 10.0. The lowest BCUT2D eigenvalue weighted by Gasteiger charge is -2.16. The van der Waals surface area contributed by atoms with E-state index in [9.17, 15) is 4.79 Å². The second-order valence-corrected chi connectivity index (χ2v) is 5.23. The first-order valence-corrected chi connectivity index (χ1v) is 7.29. The van der Waals surface area contributed by atoms with Gasteiger partial charge in [0.1, 0.15) is 11.3 Å². The summed E-state index contributed by atoms with van der Waals surface area (Å²) < 4.78 is 7.21. The molecule has 0 aliphatic rings. The molecule has 1 heterocycles. The van der Waals surface area contributed by atoms with Crippen molar-refractivity contribution in [2.45, 2.75) is 26.4 Å². The van der Waals surface area contributed by atoms with Crippen molar-refractivity contribution in [3.8, 4) is 0 Å². The van der Waals surface area contributed by atoms with Gasteiger partial charge >= 0.3 is 0 Å². The van der Waals surface area contributed by atoms with Gasteiger partial charge in [-0.15, -0.1) is 0 Å². The van der Waals surface area contributed by atoms with E-state index in [1.54, 1.807) is 11.7 Å². The third kappa shape index (κ3) is 3.52. The second-order valence-electron chi connectivity index (χ2n) is 4.87. The quantitative estimate of drug-likeness (QED) is 0.822. The van der Waals surface area contributed by atoms with Crippen molar-refractivity contribution >= 4 is 17.4 Å². The van der Waals surface area contributed by atoms with Crippen LogP contribution in [0, 0.1) is 6.92 Å². The van der Waals surface area contributed by atoms with Gasteiger partial charge in [0.05, 0.1) is 5.69 Å². The molecule has 0 saturated heterocycles. The molecule has 0 amide bonds. The Morgan fingerprint density at radius 1 is 1.38 bits per heavy atom. The summed E-state index contributed by atoms with van der Waals surface area (Å²) in [5.41, 5.74) is 2.41. The number of halogens is 1. The predicted octanol–water partition coefficient (Wildman–Crippen LogP) is 3.27. The summed E-state index contributed by atoms with van der Waals surface area (Å²) in [7, 11) is 1.76. The molecule has 112 valence electrons. The van der Waals surface area contributed by atoms with Gasteiger partial charge in [0, 0.05) is 25.6 Å². The molecule has 21 heavy (non-hydrogen) atoms. The third-order valence-electron chi connectivity index (χ3n) is 3.35. The number of ether oxygens (including phenoxy) is 1. The van der Waals surface area contributed by atoms with Gasteiger partial charge in [-0.05, 0) is 19.4 Å². The largest absolute Gasteiger partial charge is 0.366 e. The van der Waals surface area contributed by atoms with Gasteiger partial charge in [0.15, 0.2) is 5.78 Å². The lowest BCUT2D eigenvalue weighted by molar-refractivity contribution is -0.130. The lowest BCUT2D eigenvalue weighted by Crippen LogP contribution is -2.18. The lowest BCUT2D eigenvalue weighted by atomic mass is 10.00. The molecule has 1 unspecified atom stereocenters. The summed E-state index contributed by atoms with van der Waals surface area (Å²) in [6.45, 7) is 4.21. The van der Waals surface area contributed by atoms with E-state index in [0.29, 0.717) is 11.8 Å². The van der Waals surface area contributed by atoms with E-state index in [2.05, 4.69) is 5.10 Å². The molecular weight excluding hydrogens is 288 g/mol. The van der Waals surface area contributed by atoms with Crippen molar-refractivity contribution in [3.63, 3.8) is 0 Å². The Morgan fingerprint density at radius 2 is 2.05 bits per heavy atom. The highest BCUT2D eigenvalue weighted by atomic mass is 35.5. The first kappa shape index (κ1) is 15.7. The van der Waals surface area contributed by atoms with Gasteiger partial charge in [-0.1, -0.05) is 41.9 Å². The average molecular weight is 307 g/mol. The van der Waals surface area contributed by atoms with Crippen LogP contribution in [0.1, 0.15) is 29.8 Å². The number of rotatable bonds is 6. The molecule has 0 bridgehead atoms. The summed E-state index contributed by atoms with van der Waals surface area (Å²) in [4.78, 5) is 12.6. The average Bonchev–Trinajstić information content (AvgIpc) is 2.72. The van der Waals surface area contributed by atoms with Gasteiger partial charge in [0.2, 0.25) is 0 Å². The Balaban J connectivity index is 2.23. The zero-order valence-corrected chi connectivity index (χ0v) is 13.2. The van der Waals surface area contributed by atoms with Gasteiger partial charge in [-0.2, -0.15) is 5.10 Å². The van der Waals surface area contributed by atoms with Crippen LogP contribution in [0.3, 0.4) is 0 Å². The van der Waals surface area contributed by atoms with Crippen molar-refractivity contribution in [3.05, 3.63) is 52.3 Å². The van der Waals surface area contributed by atoms with Gasteiger partial charge in [-0.25, -0.2) is 0 Å². The number of carbonyl (C=O) groups is 1. The Kier molecular flexibility index (Phi) is 5.15. The SMILES string of the molecule is CCOC(C(=O)Cc1c(C)nn(C)c1Cl)c1ccccc1. The molecule has 0 fully saturated rings. The molecule has 1 aromatic carbocycles. The minimum atomic E-state index is -0.563. The number of hydrogen-bond donors (Lipinski definition) is 0. The Hall–Kier alpha value is -1.65. The number of nitrogens with zero attached hydrogens (tertiary/aromatic N) is 2. The van der Waals surface area contributed by atoms with Crippen LogP contribution in [0.2, 0.25) is 5.15 Å². The van der Waals surface area contributed by atoms with Crippen LogP contribution in [0.15, 0.2) is 30.3 Å². The molecule has 1 aromatic heterocycles. The number of benzene rings is 1. The number of ketones is 1. The van der Waals surface area contributed by atoms with Crippen LogP contribution in [-0.2, 0) is 23.0 Å². The van der Waals surface area contributed by atoms with E-state index in [1.807, 2.05) is 44.2 Å². The topological polar surface area (TPSA) is 44.1 Å². The van der Waals surface area contributed by atoms with Crippen molar-refractivity contribution in [1.29, 1.82) is 0 Å². The molecule has 2 aromatic rings. The van der Waals surface area contributed by atoms with Crippen molar-refractivity contribution in [2.24, 2.45) is 7.05 Å². The van der Waals surface area contributed by atoms with Crippen LogP contribution in [0.4, 0.5) is 0 Å². The number of Topliss-reactive ketones (excluding diaryl/α,β-unsaturated/α-hetero) is 1. The maximum absolute atomic E-state index is 12.6. The molecule has 5 heteroatoms. The molecule has 0 N–H and O–H groups in total. The van der Waals surface area contributed by atoms with E-state index in [4.69, 9.17) is 16.3 Å². The van der Waals surface area contributed by atoms with Crippen LogP contribution < -0.4 is 0 Å². The highest BCUT2D eigenvalue weighted by Gasteiger charge is 2.24. The molecule has 0 aliphatic carbocycles. The van der Waals surface area contributed by atoms with Gasteiger partial charge in [-0.3, -0.25) is 9.48 Å².